The Hall–Kier alpha value is -2.15. The van der Waals surface area contributed by atoms with Gasteiger partial charge >= 0.3 is 6.03 Å². The van der Waals surface area contributed by atoms with Crippen molar-refractivity contribution < 1.29 is 18.8 Å². The van der Waals surface area contributed by atoms with E-state index in [4.69, 9.17) is 11.6 Å². The number of rotatable bonds is 3. The molecule has 1 aromatic rings. The molecule has 2 aliphatic heterocycles. The molecule has 30 heavy (non-hydrogen) atoms. The van der Waals surface area contributed by atoms with Gasteiger partial charge in [0.1, 0.15) is 11.9 Å². The van der Waals surface area contributed by atoms with E-state index >= 15 is 0 Å². The van der Waals surface area contributed by atoms with Crippen molar-refractivity contribution in [3.05, 3.63) is 34.1 Å². The number of urea groups is 1. The lowest BCUT2D eigenvalue weighted by molar-refractivity contribution is -0.131. The predicted octanol–water partition coefficient (Wildman–Crippen LogP) is 4.15. The molecule has 6 nitrogen and oxygen atoms in total. The summed E-state index contributed by atoms with van der Waals surface area (Å²) in [6, 6.07) is 2.15. The largest absolute Gasteiger partial charge is 0.342 e. The van der Waals surface area contributed by atoms with Gasteiger partial charge in [0.25, 0.3) is 5.91 Å². The van der Waals surface area contributed by atoms with Crippen molar-refractivity contribution >= 4 is 29.4 Å². The fourth-order valence-corrected chi connectivity index (χ4v) is 3.61. The first kappa shape index (κ1) is 24.1. The van der Waals surface area contributed by atoms with Crippen molar-refractivity contribution in [3.8, 4) is 0 Å². The zero-order valence-electron chi connectivity index (χ0n) is 17.9. The topological polar surface area (TPSA) is 78.5 Å². The Bertz CT molecular complexity index is 782. The number of imide groups is 1. The zero-order chi connectivity index (χ0) is 22.3. The van der Waals surface area contributed by atoms with E-state index in [1.165, 1.54) is 19.3 Å². The Labute approximate surface area is 182 Å². The highest BCUT2D eigenvalue weighted by molar-refractivity contribution is 6.30. The number of fused-ring (bicyclic) bond motifs is 1. The molecule has 2 heterocycles. The van der Waals surface area contributed by atoms with Crippen LogP contribution in [0.5, 0.6) is 0 Å². The van der Waals surface area contributed by atoms with Gasteiger partial charge in [0, 0.05) is 25.4 Å². The second-order valence-corrected chi connectivity index (χ2v) is 7.95. The van der Waals surface area contributed by atoms with E-state index in [9.17, 15) is 18.8 Å². The molecule has 1 saturated heterocycles. The van der Waals surface area contributed by atoms with Gasteiger partial charge in [-0.15, -0.1) is 0 Å². The minimum atomic E-state index is -0.672. The monoisotopic (exact) mass is 439 g/mol. The smallest absolute Gasteiger partial charge is 0.322 e. The molecule has 2 fully saturated rings. The maximum Gasteiger partial charge on any atom is 0.322 e. The lowest BCUT2D eigenvalue weighted by Gasteiger charge is -2.23. The Morgan fingerprint density at radius 3 is 2.47 bits per heavy atom. The summed E-state index contributed by atoms with van der Waals surface area (Å²) in [6.45, 7) is 6.75. The van der Waals surface area contributed by atoms with Crippen molar-refractivity contribution in [2.75, 3.05) is 13.1 Å². The van der Waals surface area contributed by atoms with Crippen molar-refractivity contribution in [2.24, 2.45) is 0 Å². The van der Waals surface area contributed by atoms with Crippen LogP contribution in [0.4, 0.5) is 9.18 Å². The van der Waals surface area contributed by atoms with Crippen molar-refractivity contribution in [1.29, 1.82) is 0 Å². The molecule has 4 amide bonds. The number of amides is 4. The van der Waals surface area contributed by atoms with Crippen LogP contribution in [0.2, 0.25) is 5.02 Å². The molecule has 1 saturated carbocycles. The molecule has 8 heteroatoms. The molecule has 1 aromatic carbocycles. The average Bonchev–Trinajstić information content (AvgIpc) is 3.58. The predicted molar refractivity (Wildman–Crippen MR) is 115 cm³/mol. The third kappa shape index (κ3) is 6.42. The minimum absolute atomic E-state index is 0.0911. The van der Waals surface area contributed by atoms with Crippen LogP contribution in [0.3, 0.4) is 0 Å². The molecule has 0 spiro atoms. The van der Waals surface area contributed by atoms with Crippen LogP contribution in [0.25, 0.3) is 0 Å². The van der Waals surface area contributed by atoms with Gasteiger partial charge in [-0.05, 0) is 30.0 Å². The normalized spacial score (nSPS) is 21.7. The summed E-state index contributed by atoms with van der Waals surface area (Å²) < 4.78 is 14.4. The van der Waals surface area contributed by atoms with Crippen LogP contribution in [-0.2, 0) is 16.0 Å². The molecule has 0 radical (unpaired) electrons. The first-order chi connectivity index (χ1) is 14.4. The first-order valence-electron chi connectivity index (χ1n) is 10.7. The molecule has 166 valence electrons. The van der Waals surface area contributed by atoms with Gasteiger partial charge in [0.15, 0.2) is 0 Å². The molecule has 2 N–H and O–H groups in total. The van der Waals surface area contributed by atoms with E-state index in [0.29, 0.717) is 25.1 Å². The van der Waals surface area contributed by atoms with Crippen LogP contribution in [0, 0.1) is 5.82 Å². The van der Waals surface area contributed by atoms with Gasteiger partial charge in [-0.1, -0.05) is 57.7 Å². The SMILES string of the molecule is C1CC1.CC.CC1CN(C(=O)CCC2NC(=O)NC2=O)CCc2ccc(Cl)c(F)c21. The summed E-state index contributed by atoms with van der Waals surface area (Å²) in [5.41, 5.74) is 1.44. The quantitative estimate of drug-likeness (QED) is 0.694. The second kappa shape index (κ2) is 11.3. The number of hydrogen-bond donors (Lipinski definition) is 2. The van der Waals surface area contributed by atoms with E-state index in [-0.39, 0.29) is 29.7 Å². The van der Waals surface area contributed by atoms with Crippen LogP contribution in [-0.4, -0.2) is 41.9 Å². The van der Waals surface area contributed by atoms with Crippen LogP contribution in [0.15, 0.2) is 12.1 Å². The molecule has 0 aromatic heterocycles. The molecule has 4 rings (SSSR count). The van der Waals surface area contributed by atoms with E-state index in [1.54, 1.807) is 11.0 Å². The minimum Gasteiger partial charge on any atom is -0.342 e. The number of nitrogens with zero attached hydrogens (tertiary/aromatic N) is 1. The van der Waals surface area contributed by atoms with E-state index in [1.807, 2.05) is 26.8 Å². The van der Waals surface area contributed by atoms with E-state index in [0.717, 1.165) is 5.56 Å². The highest BCUT2D eigenvalue weighted by atomic mass is 35.5. The van der Waals surface area contributed by atoms with E-state index < -0.39 is 23.8 Å². The summed E-state index contributed by atoms with van der Waals surface area (Å²) in [5, 5.41) is 4.71. The molecule has 2 unspecified atom stereocenters. The third-order valence-corrected chi connectivity index (χ3v) is 5.36. The van der Waals surface area contributed by atoms with Crippen LogP contribution in [0.1, 0.15) is 69.9 Å². The summed E-state index contributed by atoms with van der Waals surface area (Å²) >= 11 is 5.88. The Kier molecular flexibility index (Phi) is 9.08. The van der Waals surface area contributed by atoms with Gasteiger partial charge in [0.2, 0.25) is 5.91 Å². The van der Waals surface area contributed by atoms with Gasteiger partial charge in [-0.25, -0.2) is 9.18 Å². The maximum absolute atomic E-state index is 14.4. The number of carbonyl (C=O) groups is 3. The number of halogens is 2. The fraction of sp³-hybridized carbons (Fsp3) is 0.591. The third-order valence-electron chi connectivity index (χ3n) is 5.07. The maximum atomic E-state index is 14.4. The average molecular weight is 440 g/mol. The van der Waals surface area contributed by atoms with Crippen LogP contribution < -0.4 is 10.6 Å². The summed E-state index contributed by atoms with van der Waals surface area (Å²) in [4.78, 5) is 36.8. The number of nitrogens with one attached hydrogen (secondary N) is 2. The van der Waals surface area contributed by atoms with Crippen molar-refractivity contribution in [3.63, 3.8) is 0 Å². The molecule has 1 aliphatic carbocycles. The first-order valence-corrected chi connectivity index (χ1v) is 11.1. The summed E-state index contributed by atoms with van der Waals surface area (Å²) in [6.07, 6.45) is 5.44. The number of hydrogen-bond acceptors (Lipinski definition) is 3. The Morgan fingerprint density at radius 2 is 1.90 bits per heavy atom. The fourth-order valence-electron chi connectivity index (χ4n) is 3.44. The molecule has 3 aliphatic rings. The standard InChI is InChI=1S/C17H19ClFN3O3.C3H6.C2H6/c1-9-8-22(7-6-10-2-3-11(18)15(19)14(9)10)13(23)5-4-12-16(24)21-17(25)20-12;1-2-3-1;1-2/h2-3,9,12H,4-8H2,1H3,(H2,20,21,24,25);1-3H2;1-2H3. The van der Waals surface area contributed by atoms with Crippen LogP contribution >= 0.6 is 11.6 Å². The Morgan fingerprint density at radius 1 is 1.23 bits per heavy atom. The summed E-state index contributed by atoms with van der Waals surface area (Å²) in [7, 11) is 0. The summed E-state index contributed by atoms with van der Waals surface area (Å²) in [5.74, 6) is -1.10. The van der Waals surface area contributed by atoms with Crippen molar-refractivity contribution in [1.82, 2.24) is 15.5 Å². The van der Waals surface area contributed by atoms with E-state index in [2.05, 4.69) is 10.6 Å². The lowest BCUT2D eigenvalue weighted by atomic mass is 9.95. The van der Waals surface area contributed by atoms with Gasteiger partial charge in [-0.3, -0.25) is 14.9 Å². The highest BCUT2D eigenvalue weighted by Gasteiger charge is 2.31. The van der Waals surface area contributed by atoms with Gasteiger partial charge in [0.05, 0.1) is 5.02 Å². The van der Waals surface area contributed by atoms with Gasteiger partial charge < -0.3 is 10.2 Å². The highest BCUT2D eigenvalue weighted by Crippen LogP contribution is 2.31. The Balaban J connectivity index is 0.000000573. The van der Waals surface area contributed by atoms with Crippen molar-refractivity contribution in [2.45, 2.75) is 71.3 Å². The number of carbonyl (C=O) groups excluding carboxylic acids is 3. The van der Waals surface area contributed by atoms with Gasteiger partial charge in [-0.2, -0.15) is 0 Å². The molecule has 0 bridgehead atoms. The molecular weight excluding hydrogens is 409 g/mol. The zero-order valence-corrected chi connectivity index (χ0v) is 18.7. The second-order valence-electron chi connectivity index (χ2n) is 7.54. The molecule has 2 atom stereocenters. The number of benzene rings is 1. The lowest BCUT2D eigenvalue weighted by Crippen LogP contribution is -2.36. The molecular formula is C22H31ClFN3O3.